The molecule has 6 nitrogen and oxygen atoms in total. The fourth-order valence-electron chi connectivity index (χ4n) is 1.84. The lowest BCUT2D eigenvalue weighted by Crippen LogP contribution is -2.19. The second kappa shape index (κ2) is 6.75. The number of benzene rings is 1. The van der Waals surface area contributed by atoms with E-state index in [-0.39, 0.29) is 27.6 Å². The third kappa shape index (κ3) is 3.64. The minimum Gasteiger partial charge on any atom is -0.380 e. The monoisotopic (exact) mass is 379 g/mol. The molecule has 0 aliphatic carbocycles. The molecule has 1 aromatic carbocycles. The van der Waals surface area contributed by atoms with E-state index in [9.17, 15) is 4.79 Å². The van der Waals surface area contributed by atoms with Crippen molar-refractivity contribution >= 4 is 63.2 Å². The van der Waals surface area contributed by atoms with Crippen molar-refractivity contribution in [3.8, 4) is 0 Å². The molecule has 0 unspecified atom stereocenters. The van der Waals surface area contributed by atoms with Gasteiger partial charge >= 0.3 is 0 Å². The van der Waals surface area contributed by atoms with Gasteiger partial charge in [-0.05, 0) is 29.3 Å². The highest BCUT2D eigenvalue weighted by molar-refractivity contribution is 6.66. The molecule has 0 aliphatic heterocycles. The van der Waals surface area contributed by atoms with E-state index in [2.05, 4.69) is 10.3 Å². The number of hydrogen-bond acceptors (Lipinski definition) is 4. The molecule has 4 N–H and O–H groups in total. The van der Waals surface area contributed by atoms with E-state index in [0.29, 0.717) is 16.1 Å². The van der Waals surface area contributed by atoms with Gasteiger partial charge in [-0.15, -0.1) is 5.10 Å². The van der Waals surface area contributed by atoms with E-state index in [1.165, 1.54) is 4.68 Å². The Morgan fingerprint density at radius 1 is 1.23 bits per heavy atom. The minimum absolute atomic E-state index is 0.0125. The van der Waals surface area contributed by atoms with Crippen molar-refractivity contribution in [1.82, 2.24) is 15.0 Å². The number of nitrogens with zero attached hydrogens (tertiary/aromatic N) is 3. The largest absolute Gasteiger partial charge is 0.380 e. The minimum atomic E-state index is -0.730. The number of carbonyl (C=O) groups excluding carboxylic acids is 1. The van der Waals surface area contributed by atoms with E-state index < -0.39 is 5.91 Å². The summed E-state index contributed by atoms with van der Waals surface area (Å²) in [5.41, 5.74) is 12.0. The summed E-state index contributed by atoms with van der Waals surface area (Å²) in [6, 6.07) is 4.96. The number of amides is 1. The summed E-state index contributed by atoms with van der Waals surface area (Å²) in [5.74, 6) is -0.775. The molecule has 0 radical (unpaired) electrons. The predicted molar refractivity (Wildman–Crippen MR) is 88.0 cm³/mol. The number of rotatable bonds is 4. The van der Waals surface area contributed by atoms with Crippen LogP contribution in [0.4, 0.5) is 5.82 Å². The second-order valence-electron chi connectivity index (χ2n) is 4.27. The average molecular weight is 381 g/mol. The Bertz CT molecular complexity index is 767. The van der Waals surface area contributed by atoms with Gasteiger partial charge in [-0.1, -0.05) is 51.6 Å². The maximum absolute atomic E-state index is 11.4. The van der Waals surface area contributed by atoms with Crippen LogP contribution in [0.25, 0.3) is 5.03 Å². The molecule has 0 aliphatic rings. The molecule has 1 aromatic heterocycles. The molecule has 22 heavy (non-hydrogen) atoms. The van der Waals surface area contributed by atoms with Gasteiger partial charge in [0.1, 0.15) is 4.49 Å². The molecule has 0 saturated heterocycles. The van der Waals surface area contributed by atoms with Crippen molar-refractivity contribution in [3.05, 3.63) is 44.5 Å². The van der Waals surface area contributed by atoms with Crippen molar-refractivity contribution in [3.63, 3.8) is 0 Å². The van der Waals surface area contributed by atoms with Gasteiger partial charge in [0.15, 0.2) is 11.5 Å². The highest BCUT2D eigenvalue weighted by Gasteiger charge is 2.16. The lowest BCUT2D eigenvalue weighted by molar-refractivity contribution is 0.0991. The van der Waals surface area contributed by atoms with E-state index in [1.807, 2.05) is 0 Å². The first-order chi connectivity index (χ1) is 10.3. The van der Waals surface area contributed by atoms with Crippen LogP contribution >= 0.6 is 46.4 Å². The Balaban J connectivity index is 2.43. The van der Waals surface area contributed by atoms with E-state index >= 15 is 0 Å². The molecule has 2 rings (SSSR count). The van der Waals surface area contributed by atoms with Crippen LogP contribution in [0, 0.1) is 0 Å². The standard InChI is InChI=1S/C12H9Cl4N5O/c13-7-2-5(1-6(3-7)8(14)10(15)16)4-21-9(12(18)22)11(17)19-20-21/h1-3H,4,17H2,(H2,18,22). The van der Waals surface area contributed by atoms with Crippen molar-refractivity contribution in [1.29, 1.82) is 0 Å². The molecule has 2 aromatic rings. The van der Waals surface area contributed by atoms with Crippen LogP contribution < -0.4 is 11.5 Å². The molecule has 1 heterocycles. The van der Waals surface area contributed by atoms with Gasteiger partial charge in [0, 0.05) is 5.02 Å². The Kier molecular flexibility index (Phi) is 5.18. The van der Waals surface area contributed by atoms with Crippen molar-refractivity contribution in [2.45, 2.75) is 6.54 Å². The highest BCUT2D eigenvalue weighted by Crippen LogP contribution is 2.30. The smallest absolute Gasteiger partial charge is 0.270 e. The van der Waals surface area contributed by atoms with Gasteiger partial charge in [0.2, 0.25) is 0 Å². The summed E-state index contributed by atoms with van der Waals surface area (Å²) in [7, 11) is 0. The van der Waals surface area contributed by atoms with Crippen LogP contribution in [0.5, 0.6) is 0 Å². The molecular formula is C12H9Cl4N5O. The normalized spacial score (nSPS) is 10.5. The first-order valence-electron chi connectivity index (χ1n) is 5.79. The lowest BCUT2D eigenvalue weighted by Gasteiger charge is -2.08. The van der Waals surface area contributed by atoms with E-state index in [4.69, 9.17) is 57.9 Å². The van der Waals surface area contributed by atoms with Crippen LogP contribution in [0.1, 0.15) is 21.6 Å². The summed E-state index contributed by atoms with van der Waals surface area (Å²) < 4.78 is 1.19. The molecule has 0 fully saturated rings. The van der Waals surface area contributed by atoms with Gasteiger partial charge in [0.05, 0.1) is 11.6 Å². The van der Waals surface area contributed by atoms with Crippen LogP contribution in [-0.2, 0) is 6.54 Å². The summed E-state index contributed by atoms with van der Waals surface area (Å²) in [4.78, 5) is 11.4. The van der Waals surface area contributed by atoms with Gasteiger partial charge in [-0.25, -0.2) is 4.68 Å². The molecule has 0 saturated carbocycles. The number of aromatic nitrogens is 3. The van der Waals surface area contributed by atoms with Crippen LogP contribution in [0.2, 0.25) is 5.02 Å². The topological polar surface area (TPSA) is 99.8 Å². The summed E-state index contributed by atoms with van der Waals surface area (Å²) in [5, 5.41) is 7.96. The number of hydrogen-bond donors (Lipinski definition) is 2. The zero-order valence-electron chi connectivity index (χ0n) is 10.9. The molecule has 116 valence electrons. The predicted octanol–water partition coefficient (Wildman–Crippen LogP) is 3.00. The number of carbonyl (C=O) groups is 1. The second-order valence-corrected chi connectivity index (χ2v) is 6.03. The third-order valence-electron chi connectivity index (χ3n) is 2.70. The van der Waals surface area contributed by atoms with Crippen molar-refractivity contribution < 1.29 is 4.79 Å². The number of nitrogens with two attached hydrogens (primary N) is 2. The van der Waals surface area contributed by atoms with Crippen LogP contribution in [0.15, 0.2) is 22.7 Å². The molecule has 10 heteroatoms. The SMILES string of the molecule is NC(=O)c1c(N)nnn1Cc1cc(Cl)cc(C(Cl)=C(Cl)Cl)c1. The molecule has 0 bridgehead atoms. The first-order valence-corrected chi connectivity index (χ1v) is 7.30. The Hall–Kier alpha value is -1.47. The Morgan fingerprint density at radius 2 is 1.91 bits per heavy atom. The number of primary amides is 1. The summed E-state index contributed by atoms with van der Waals surface area (Å²) in [6.07, 6.45) is 0. The van der Waals surface area contributed by atoms with Crippen LogP contribution in [-0.4, -0.2) is 20.9 Å². The maximum Gasteiger partial charge on any atom is 0.270 e. The van der Waals surface area contributed by atoms with Crippen LogP contribution in [0.3, 0.4) is 0 Å². The van der Waals surface area contributed by atoms with Gasteiger partial charge in [-0.2, -0.15) is 0 Å². The summed E-state index contributed by atoms with van der Waals surface area (Å²) >= 11 is 23.4. The zero-order chi connectivity index (χ0) is 16.4. The Morgan fingerprint density at radius 3 is 2.50 bits per heavy atom. The maximum atomic E-state index is 11.4. The molecule has 1 amide bonds. The van der Waals surface area contributed by atoms with Gasteiger partial charge in [0.25, 0.3) is 5.91 Å². The Labute approximate surface area is 145 Å². The summed E-state index contributed by atoms with van der Waals surface area (Å²) in [6.45, 7) is 0.167. The van der Waals surface area contributed by atoms with E-state index in [1.54, 1.807) is 18.2 Å². The highest BCUT2D eigenvalue weighted by atomic mass is 35.5. The lowest BCUT2D eigenvalue weighted by atomic mass is 10.1. The fraction of sp³-hybridized carbons (Fsp3) is 0.0833. The average Bonchev–Trinajstić information content (AvgIpc) is 2.78. The number of halogens is 4. The zero-order valence-corrected chi connectivity index (χ0v) is 13.9. The molecule has 0 spiro atoms. The number of anilines is 1. The number of nitrogen functional groups attached to an aromatic ring is 1. The molecule has 0 atom stereocenters. The van der Waals surface area contributed by atoms with Crippen molar-refractivity contribution in [2.24, 2.45) is 5.73 Å². The molecular weight excluding hydrogens is 372 g/mol. The first kappa shape index (κ1) is 16.9. The van der Waals surface area contributed by atoms with Crippen molar-refractivity contribution in [2.75, 3.05) is 5.73 Å². The van der Waals surface area contributed by atoms with E-state index in [0.717, 1.165) is 0 Å². The fourth-order valence-corrected chi connectivity index (χ4v) is 2.43. The van der Waals surface area contributed by atoms with Gasteiger partial charge in [-0.3, -0.25) is 4.79 Å². The van der Waals surface area contributed by atoms with Gasteiger partial charge < -0.3 is 11.5 Å². The quantitative estimate of drug-likeness (QED) is 0.851. The third-order valence-corrected chi connectivity index (χ3v) is 3.90.